The van der Waals surface area contributed by atoms with Gasteiger partial charge in [-0.2, -0.15) is 0 Å². The third kappa shape index (κ3) is 3.71. The van der Waals surface area contributed by atoms with Gasteiger partial charge in [-0.05, 0) is 36.2 Å². The highest BCUT2D eigenvalue weighted by Crippen LogP contribution is 2.23. The summed E-state index contributed by atoms with van der Waals surface area (Å²) in [5, 5.41) is 11.5. The molecule has 1 atom stereocenters. The molecule has 1 aliphatic heterocycles. The predicted octanol–water partition coefficient (Wildman–Crippen LogP) is 2.92. The van der Waals surface area contributed by atoms with Crippen LogP contribution in [-0.2, 0) is 6.42 Å². The molecule has 3 rings (SSSR count). The first kappa shape index (κ1) is 17.2. The van der Waals surface area contributed by atoms with Crippen molar-refractivity contribution in [3.05, 3.63) is 69.7 Å². The maximum Gasteiger partial charge on any atom is 0.404 e. The molecule has 6 nitrogen and oxygen atoms in total. The summed E-state index contributed by atoms with van der Waals surface area (Å²) >= 11 is 3.35. The van der Waals surface area contributed by atoms with E-state index in [1.807, 2.05) is 24.3 Å². The van der Waals surface area contributed by atoms with Gasteiger partial charge in [0.15, 0.2) is 0 Å². The van der Waals surface area contributed by atoms with Crippen LogP contribution in [0.1, 0.15) is 26.3 Å². The standard InChI is InChI=1S/C18H15BrN2O4/c19-12-7-5-11(6-8-12)9-13(20-18(24)25)10-21-16(22)14-3-1-2-4-15(14)17(21)23/h1-8,13,20H,9-10H2,(H,24,25)/t13-/m0/s1. The van der Waals surface area contributed by atoms with Crippen LogP contribution in [0.3, 0.4) is 0 Å². The quantitative estimate of drug-likeness (QED) is 0.752. The summed E-state index contributed by atoms with van der Waals surface area (Å²) in [7, 11) is 0. The number of imide groups is 1. The van der Waals surface area contributed by atoms with Crippen LogP contribution in [0.15, 0.2) is 53.0 Å². The molecule has 2 aromatic carbocycles. The fourth-order valence-electron chi connectivity index (χ4n) is 2.87. The lowest BCUT2D eigenvalue weighted by Crippen LogP contribution is -2.46. The van der Waals surface area contributed by atoms with Crippen LogP contribution in [0.25, 0.3) is 0 Å². The number of fused-ring (bicyclic) bond motifs is 1. The number of carbonyl (C=O) groups is 3. The Hall–Kier alpha value is -2.67. The van der Waals surface area contributed by atoms with E-state index in [0.717, 1.165) is 14.9 Å². The molecular formula is C18H15BrN2O4. The minimum atomic E-state index is -1.20. The van der Waals surface area contributed by atoms with Gasteiger partial charge < -0.3 is 10.4 Å². The zero-order chi connectivity index (χ0) is 18.0. The first-order valence-corrected chi connectivity index (χ1v) is 8.44. The predicted molar refractivity (Wildman–Crippen MR) is 94.6 cm³/mol. The fraction of sp³-hybridized carbons (Fsp3) is 0.167. The second kappa shape index (κ2) is 7.06. The van der Waals surface area contributed by atoms with Gasteiger partial charge in [0, 0.05) is 4.47 Å². The maximum absolute atomic E-state index is 12.4. The highest BCUT2D eigenvalue weighted by Gasteiger charge is 2.36. The average Bonchev–Trinajstić information content (AvgIpc) is 2.82. The van der Waals surface area contributed by atoms with E-state index in [-0.39, 0.29) is 6.54 Å². The van der Waals surface area contributed by atoms with Gasteiger partial charge in [-0.1, -0.05) is 40.2 Å². The van der Waals surface area contributed by atoms with Crippen LogP contribution in [0.4, 0.5) is 4.79 Å². The van der Waals surface area contributed by atoms with Crippen LogP contribution >= 0.6 is 15.9 Å². The lowest BCUT2D eigenvalue weighted by Gasteiger charge is -2.22. The number of hydrogen-bond donors (Lipinski definition) is 2. The topological polar surface area (TPSA) is 86.7 Å². The summed E-state index contributed by atoms with van der Waals surface area (Å²) in [5.41, 5.74) is 1.61. The van der Waals surface area contributed by atoms with Gasteiger partial charge in [-0.15, -0.1) is 0 Å². The zero-order valence-corrected chi connectivity index (χ0v) is 14.7. The van der Waals surface area contributed by atoms with Crippen molar-refractivity contribution in [1.29, 1.82) is 0 Å². The SMILES string of the molecule is O=C(O)N[C@@H](Cc1ccc(Br)cc1)CN1C(=O)c2ccccc2C1=O. The Morgan fingerprint density at radius 2 is 1.60 bits per heavy atom. The summed E-state index contributed by atoms with van der Waals surface area (Å²) in [4.78, 5) is 37.1. The smallest absolute Gasteiger partial charge is 0.404 e. The Labute approximate surface area is 152 Å². The summed E-state index contributed by atoms with van der Waals surface area (Å²) in [5.74, 6) is -0.790. The molecule has 25 heavy (non-hydrogen) atoms. The molecular weight excluding hydrogens is 388 g/mol. The Kier molecular flexibility index (Phi) is 4.85. The Bertz CT molecular complexity index is 800. The normalized spacial score (nSPS) is 14.4. The van der Waals surface area contributed by atoms with Crippen LogP contribution in [0.2, 0.25) is 0 Å². The largest absolute Gasteiger partial charge is 0.465 e. The Balaban J connectivity index is 1.79. The average molecular weight is 403 g/mol. The van der Waals surface area contributed by atoms with Gasteiger partial charge in [0.2, 0.25) is 0 Å². The summed E-state index contributed by atoms with van der Waals surface area (Å²) in [6, 6.07) is 13.4. The number of nitrogens with zero attached hydrogens (tertiary/aromatic N) is 1. The molecule has 0 unspecified atom stereocenters. The van der Waals surface area contributed by atoms with Gasteiger partial charge >= 0.3 is 6.09 Å². The number of carboxylic acid groups (broad SMARTS) is 1. The van der Waals surface area contributed by atoms with E-state index >= 15 is 0 Å². The molecule has 1 aliphatic rings. The van der Waals surface area contributed by atoms with Gasteiger partial charge in [-0.25, -0.2) is 4.79 Å². The third-order valence-corrected chi connectivity index (χ3v) is 4.53. The second-order valence-corrected chi connectivity index (χ2v) is 6.66. The van der Waals surface area contributed by atoms with Crippen molar-refractivity contribution in [3.8, 4) is 0 Å². The number of benzene rings is 2. The van der Waals surface area contributed by atoms with Crippen molar-refractivity contribution in [2.24, 2.45) is 0 Å². The summed E-state index contributed by atoms with van der Waals surface area (Å²) in [6.45, 7) is -0.0191. The van der Waals surface area contributed by atoms with Gasteiger partial charge in [0.1, 0.15) is 0 Å². The fourth-order valence-corrected chi connectivity index (χ4v) is 3.13. The van der Waals surface area contributed by atoms with Crippen molar-refractivity contribution in [2.45, 2.75) is 12.5 Å². The number of hydrogen-bond acceptors (Lipinski definition) is 3. The van der Waals surface area contributed by atoms with E-state index < -0.39 is 23.9 Å². The molecule has 0 aromatic heterocycles. The molecule has 0 fully saturated rings. The minimum Gasteiger partial charge on any atom is -0.465 e. The molecule has 0 saturated heterocycles. The van der Waals surface area contributed by atoms with E-state index in [4.69, 9.17) is 5.11 Å². The molecule has 0 spiro atoms. The van der Waals surface area contributed by atoms with Crippen molar-refractivity contribution >= 4 is 33.8 Å². The van der Waals surface area contributed by atoms with E-state index in [9.17, 15) is 14.4 Å². The maximum atomic E-state index is 12.4. The number of carbonyl (C=O) groups excluding carboxylic acids is 2. The number of nitrogens with one attached hydrogen (secondary N) is 1. The third-order valence-electron chi connectivity index (χ3n) is 4.00. The molecule has 128 valence electrons. The van der Waals surface area contributed by atoms with Crippen molar-refractivity contribution in [2.75, 3.05) is 6.54 Å². The minimum absolute atomic E-state index is 0.0191. The number of halogens is 1. The summed E-state index contributed by atoms with van der Waals surface area (Å²) < 4.78 is 0.916. The first-order valence-electron chi connectivity index (χ1n) is 7.65. The van der Waals surface area contributed by atoms with Crippen LogP contribution in [0.5, 0.6) is 0 Å². The van der Waals surface area contributed by atoms with Gasteiger partial charge in [0.25, 0.3) is 11.8 Å². The number of amides is 3. The van der Waals surface area contributed by atoms with E-state index in [1.54, 1.807) is 24.3 Å². The molecule has 0 radical (unpaired) electrons. The summed E-state index contributed by atoms with van der Waals surface area (Å²) in [6.07, 6.45) is -0.828. The molecule has 0 saturated carbocycles. The monoisotopic (exact) mass is 402 g/mol. The van der Waals surface area contributed by atoms with Crippen molar-refractivity contribution in [3.63, 3.8) is 0 Å². The molecule has 0 bridgehead atoms. The van der Waals surface area contributed by atoms with Crippen molar-refractivity contribution in [1.82, 2.24) is 10.2 Å². The first-order chi connectivity index (χ1) is 12.0. The van der Waals surface area contributed by atoms with E-state index in [2.05, 4.69) is 21.2 Å². The molecule has 7 heteroatoms. The van der Waals surface area contributed by atoms with E-state index in [0.29, 0.717) is 17.5 Å². The molecule has 0 aliphatic carbocycles. The van der Waals surface area contributed by atoms with Gasteiger partial charge in [-0.3, -0.25) is 14.5 Å². The second-order valence-electron chi connectivity index (χ2n) is 5.74. The molecule has 1 heterocycles. The number of rotatable bonds is 5. The Morgan fingerprint density at radius 1 is 1.04 bits per heavy atom. The Morgan fingerprint density at radius 3 is 2.12 bits per heavy atom. The van der Waals surface area contributed by atoms with Crippen molar-refractivity contribution < 1.29 is 19.5 Å². The highest BCUT2D eigenvalue weighted by molar-refractivity contribution is 9.10. The van der Waals surface area contributed by atoms with E-state index in [1.165, 1.54) is 0 Å². The lowest BCUT2D eigenvalue weighted by atomic mass is 10.1. The molecule has 2 N–H and O–H groups in total. The van der Waals surface area contributed by atoms with Gasteiger partial charge in [0.05, 0.1) is 23.7 Å². The van der Waals surface area contributed by atoms with Crippen LogP contribution in [-0.4, -0.2) is 40.5 Å². The molecule has 2 aromatic rings. The zero-order valence-electron chi connectivity index (χ0n) is 13.1. The van der Waals surface area contributed by atoms with Crippen LogP contribution < -0.4 is 5.32 Å². The lowest BCUT2D eigenvalue weighted by molar-refractivity contribution is 0.0636. The molecule has 3 amide bonds. The van der Waals surface area contributed by atoms with Crippen LogP contribution in [0, 0.1) is 0 Å². The highest BCUT2D eigenvalue weighted by atomic mass is 79.9.